The Morgan fingerprint density at radius 1 is 0.909 bits per heavy atom. The van der Waals surface area contributed by atoms with Crippen LogP contribution in [0.15, 0.2) is 6.07 Å². The maximum atomic E-state index is 13.2. The molecule has 0 heterocycles. The summed E-state index contributed by atoms with van der Waals surface area (Å²) in [4.78, 5) is 13.2. The van der Waals surface area contributed by atoms with E-state index in [1.165, 1.54) is 0 Å². The van der Waals surface area contributed by atoms with Crippen molar-refractivity contribution in [1.29, 1.82) is 0 Å². The molecule has 0 aliphatic heterocycles. The van der Waals surface area contributed by atoms with Crippen molar-refractivity contribution in [2.75, 3.05) is 6.61 Å². The van der Waals surface area contributed by atoms with Crippen LogP contribution in [0.25, 0.3) is 0 Å². The van der Waals surface area contributed by atoms with E-state index in [4.69, 9.17) is 48.4 Å². The smallest absolute Gasteiger partial charge is 0.339 e. The van der Waals surface area contributed by atoms with E-state index in [9.17, 15) is 4.79 Å². The van der Waals surface area contributed by atoms with Crippen LogP contribution in [-0.2, 0) is 10.1 Å². The number of carbonyl (C=O) groups excluding carboxylic acids is 1. The maximum Gasteiger partial charge on any atom is 0.339 e. The first-order valence-corrected chi connectivity index (χ1v) is 19.0. The number of alkyl halides is 4. The molecule has 0 spiro atoms. The second-order valence-corrected chi connectivity index (χ2v) is 23.9. The van der Waals surface area contributed by atoms with Gasteiger partial charge in [-0.15, -0.1) is 0 Å². The van der Waals surface area contributed by atoms with Gasteiger partial charge < -0.3 is 13.6 Å². The number of carbonyl (C=O) groups is 1. The fourth-order valence-corrected chi connectivity index (χ4v) is 5.30. The van der Waals surface area contributed by atoms with E-state index in [0.717, 1.165) is 0 Å². The van der Waals surface area contributed by atoms with Crippen LogP contribution in [0.5, 0.6) is 11.5 Å². The molecule has 0 bridgehead atoms. The van der Waals surface area contributed by atoms with E-state index >= 15 is 0 Å². The van der Waals surface area contributed by atoms with Crippen molar-refractivity contribution in [2.45, 2.75) is 93.9 Å². The standard InChI is InChI=1S/C23H38BrCl3O4Si2/c1-15-17(30-32(8,9)21(2,3)4)12-18(31-33(10,11)22(5,6)7)16(13-24)19(15)20(28)29-14-23(25,26)27/h12H,13-14H2,1-11H3. The average molecular weight is 621 g/mol. The number of hydrogen-bond donors (Lipinski definition) is 0. The first-order valence-electron chi connectivity index (χ1n) is 10.9. The van der Waals surface area contributed by atoms with Gasteiger partial charge in [0.15, 0.2) is 0 Å². The van der Waals surface area contributed by atoms with E-state index < -0.39 is 26.4 Å². The Labute approximate surface area is 225 Å². The number of rotatable bonds is 7. The molecule has 4 nitrogen and oxygen atoms in total. The molecule has 0 unspecified atom stereocenters. The zero-order chi connectivity index (χ0) is 26.2. The molecule has 33 heavy (non-hydrogen) atoms. The Kier molecular flexibility index (Phi) is 9.98. The zero-order valence-electron chi connectivity index (χ0n) is 21.6. The number of ether oxygens (including phenoxy) is 1. The van der Waals surface area contributed by atoms with E-state index in [0.29, 0.717) is 33.5 Å². The lowest BCUT2D eigenvalue weighted by Gasteiger charge is -2.39. The average Bonchev–Trinajstić information content (AvgIpc) is 2.58. The molecule has 10 heteroatoms. The lowest BCUT2D eigenvalue weighted by atomic mass is 10.0. The Hall–Kier alpha value is 0.0738. The SMILES string of the molecule is Cc1c(O[Si](C)(C)C(C)(C)C)cc(O[Si](C)(C)C(C)(C)C)c(CBr)c1C(=O)OCC(Cl)(Cl)Cl. The molecule has 0 saturated carbocycles. The van der Waals surface area contributed by atoms with Crippen molar-refractivity contribution in [3.63, 3.8) is 0 Å². The summed E-state index contributed by atoms with van der Waals surface area (Å²) in [6.07, 6.45) is 0. The van der Waals surface area contributed by atoms with Crippen LogP contribution < -0.4 is 8.85 Å². The van der Waals surface area contributed by atoms with Crippen LogP contribution >= 0.6 is 50.7 Å². The molecular weight excluding hydrogens is 583 g/mol. The van der Waals surface area contributed by atoms with Gasteiger partial charge in [0.25, 0.3) is 0 Å². The molecule has 1 aromatic rings. The highest BCUT2D eigenvalue weighted by molar-refractivity contribution is 9.08. The van der Waals surface area contributed by atoms with Crippen molar-refractivity contribution in [3.8, 4) is 11.5 Å². The number of halogens is 4. The van der Waals surface area contributed by atoms with Gasteiger partial charge in [-0.2, -0.15) is 0 Å². The van der Waals surface area contributed by atoms with Gasteiger partial charge in [0.1, 0.15) is 18.1 Å². The van der Waals surface area contributed by atoms with Crippen molar-refractivity contribution in [1.82, 2.24) is 0 Å². The first-order chi connectivity index (χ1) is 14.5. The highest BCUT2D eigenvalue weighted by Crippen LogP contribution is 2.44. The molecule has 1 aromatic carbocycles. The normalized spacial score (nSPS) is 13.7. The second-order valence-electron chi connectivity index (χ2n) is 11.4. The Balaban J connectivity index is 3.75. The van der Waals surface area contributed by atoms with Gasteiger partial charge in [-0.3, -0.25) is 0 Å². The molecule has 0 atom stereocenters. The molecule has 0 aromatic heterocycles. The monoisotopic (exact) mass is 618 g/mol. The molecule has 0 fully saturated rings. The predicted octanol–water partition coefficient (Wildman–Crippen LogP) is 9.18. The summed E-state index contributed by atoms with van der Waals surface area (Å²) in [6, 6.07) is 1.93. The van der Waals surface area contributed by atoms with Gasteiger partial charge in [-0.05, 0) is 43.2 Å². The summed E-state index contributed by atoms with van der Waals surface area (Å²) in [7, 11) is -4.42. The number of esters is 1. The van der Waals surface area contributed by atoms with Crippen LogP contribution in [-0.4, -0.2) is 33.0 Å². The molecule has 1 rings (SSSR count). The minimum atomic E-state index is -2.22. The largest absolute Gasteiger partial charge is 0.543 e. The van der Waals surface area contributed by atoms with Crippen LogP contribution in [0.2, 0.25) is 36.3 Å². The van der Waals surface area contributed by atoms with Crippen LogP contribution in [0.4, 0.5) is 0 Å². The maximum absolute atomic E-state index is 13.2. The summed E-state index contributed by atoms with van der Waals surface area (Å²) >= 11 is 21.0. The van der Waals surface area contributed by atoms with Gasteiger partial charge in [-0.25, -0.2) is 4.79 Å². The number of hydrogen-bond acceptors (Lipinski definition) is 4. The Morgan fingerprint density at radius 2 is 1.33 bits per heavy atom. The van der Waals surface area contributed by atoms with E-state index in [-0.39, 0.29) is 16.7 Å². The topological polar surface area (TPSA) is 44.8 Å². The van der Waals surface area contributed by atoms with Crippen molar-refractivity contribution >= 4 is 73.3 Å². The first kappa shape index (κ1) is 31.1. The van der Waals surface area contributed by atoms with Gasteiger partial charge in [0.2, 0.25) is 20.4 Å². The van der Waals surface area contributed by atoms with Crippen molar-refractivity contribution in [2.24, 2.45) is 0 Å². The summed E-state index contributed by atoms with van der Waals surface area (Å²) in [6.45, 7) is 23.2. The van der Waals surface area contributed by atoms with E-state index in [1.54, 1.807) is 0 Å². The van der Waals surface area contributed by atoms with Gasteiger partial charge >= 0.3 is 5.97 Å². The summed E-state index contributed by atoms with van der Waals surface area (Å²) in [5.74, 6) is 0.675. The second kappa shape index (κ2) is 10.6. The summed E-state index contributed by atoms with van der Waals surface area (Å²) in [5, 5.41) is 0.346. The molecule has 0 saturated heterocycles. The highest BCUT2D eigenvalue weighted by Gasteiger charge is 2.42. The van der Waals surface area contributed by atoms with Crippen molar-refractivity contribution < 1.29 is 18.4 Å². The minimum absolute atomic E-state index is 0.0237. The molecular formula is C23H38BrCl3O4Si2. The fraction of sp³-hybridized carbons (Fsp3) is 0.696. The molecule has 0 radical (unpaired) electrons. The zero-order valence-corrected chi connectivity index (χ0v) is 27.5. The third kappa shape index (κ3) is 8.04. The molecule has 0 aliphatic carbocycles. The molecule has 190 valence electrons. The van der Waals surface area contributed by atoms with Crippen molar-refractivity contribution in [3.05, 3.63) is 22.8 Å². The summed E-state index contributed by atoms with van der Waals surface area (Å²) in [5.41, 5.74) is 1.77. The predicted molar refractivity (Wildman–Crippen MR) is 150 cm³/mol. The minimum Gasteiger partial charge on any atom is -0.543 e. The van der Waals surface area contributed by atoms with Crippen LogP contribution in [0.1, 0.15) is 63.0 Å². The van der Waals surface area contributed by atoms with Gasteiger partial charge in [-0.1, -0.05) is 92.3 Å². The molecule has 0 N–H and O–H groups in total. The number of benzene rings is 1. The van der Waals surface area contributed by atoms with Gasteiger partial charge in [0.05, 0.1) is 5.56 Å². The highest BCUT2D eigenvalue weighted by atomic mass is 79.9. The lowest BCUT2D eigenvalue weighted by Crippen LogP contribution is -2.45. The van der Waals surface area contributed by atoms with E-state index in [1.807, 2.05) is 13.0 Å². The molecule has 0 aliphatic rings. The quantitative estimate of drug-likeness (QED) is 0.173. The van der Waals surface area contributed by atoms with Crippen LogP contribution in [0, 0.1) is 6.92 Å². The fourth-order valence-electron chi connectivity index (χ4n) is 2.47. The van der Waals surface area contributed by atoms with Gasteiger partial charge in [0, 0.05) is 22.5 Å². The lowest BCUT2D eigenvalue weighted by molar-refractivity contribution is 0.0509. The third-order valence-corrected chi connectivity index (χ3v) is 16.2. The molecule has 0 amide bonds. The Morgan fingerprint density at radius 3 is 1.70 bits per heavy atom. The van der Waals surface area contributed by atoms with E-state index in [2.05, 4.69) is 83.7 Å². The third-order valence-electron chi connectivity index (χ3n) is 6.65. The Bertz CT molecular complexity index is 870. The summed E-state index contributed by atoms with van der Waals surface area (Å²) < 4.78 is 17.0. The van der Waals surface area contributed by atoms with Crippen LogP contribution in [0.3, 0.4) is 0 Å².